The van der Waals surface area contributed by atoms with E-state index >= 15 is 0 Å². The van der Waals surface area contributed by atoms with Gasteiger partial charge in [0.15, 0.2) is 6.29 Å². The molecule has 2 N–H and O–H groups in total. The summed E-state index contributed by atoms with van der Waals surface area (Å²) in [6, 6.07) is 17.8. The first kappa shape index (κ1) is 28.2. The lowest BCUT2D eigenvalue weighted by Crippen LogP contribution is -2.49. The molecule has 3 aromatic rings. The summed E-state index contributed by atoms with van der Waals surface area (Å²) in [6.45, 7) is 7.40. The second kappa shape index (κ2) is 10.8. The number of aliphatic hydroxyl groups excluding tert-OH is 1. The molecule has 3 fully saturated rings. The van der Waals surface area contributed by atoms with Crippen LogP contribution in [0.15, 0.2) is 73.1 Å². The van der Waals surface area contributed by atoms with Crippen molar-refractivity contribution < 1.29 is 24.2 Å². The first-order valence-corrected chi connectivity index (χ1v) is 15.3. The highest BCUT2D eigenvalue weighted by molar-refractivity contribution is 6.03. The molecule has 2 aromatic carbocycles. The normalized spacial score (nSPS) is 29.6. The lowest BCUT2D eigenvalue weighted by Gasteiger charge is -2.37. The molecule has 2 saturated heterocycles. The number of carbonyl (C=O) groups excluding carboxylic acids is 2. The van der Waals surface area contributed by atoms with Crippen molar-refractivity contribution in [3.05, 3.63) is 95.3 Å². The van der Waals surface area contributed by atoms with Crippen molar-refractivity contribution in [2.75, 3.05) is 18.1 Å². The molecular weight excluding hydrogens is 542 g/mol. The highest BCUT2D eigenvalue weighted by Gasteiger charge is 2.58. The van der Waals surface area contributed by atoms with Gasteiger partial charge in [-0.05, 0) is 52.6 Å². The van der Waals surface area contributed by atoms with E-state index in [0.717, 1.165) is 23.1 Å². The Morgan fingerprint density at radius 1 is 1.00 bits per heavy atom. The lowest BCUT2D eigenvalue weighted by atomic mass is 9.85. The molecule has 4 unspecified atom stereocenters. The predicted molar refractivity (Wildman–Crippen MR) is 161 cm³/mol. The largest absolute Gasteiger partial charge is 0.390 e. The van der Waals surface area contributed by atoms with Crippen molar-refractivity contribution in [2.24, 2.45) is 23.7 Å². The molecule has 4 aliphatic rings. The minimum Gasteiger partial charge on any atom is -0.390 e. The molecule has 8 heteroatoms. The molecule has 8 nitrogen and oxygen atoms in total. The van der Waals surface area contributed by atoms with Gasteiger partial charge < -0.3 is 19.9 Å². The van der Waals surface area contributed by atoms with Crippen LogP contribution in [0.2, 0.25) is 0 Å². The fourth-order valence-electron chi connectivity index (χ4n) is 7.72. The molecule has 2 amide bonds. The van der Waals surface area contributed by atoms with Gasteiger partial charge in [-0.25, -0.2) is 0 Å². The van der Waals surface area contributed by atoms with Gasteiger partial charge in [0.05, 0.1) is 25.4 Å². The van der Waals surface area contributed by atoms with Gasteiger partial charge in [-0.3, -0.25) is 19.5 Å². The predicted octanol–water partition coefficient (Wildman–Crippen LogP) is 4.48. The van der Waals surface area contributed by atoms with Crippen LogP contribution in [-0.4, -0.2) is 47.5 Å². The summed E-state index contributed by atoms with van der Waals surface area (Å²) in [5.41, 5.74) is 4.22. The molecule has 7 rings (SSSR count). The minimum absolute atomic E-state index is 0.0440. The van der Waals surface area contributed by atoms with Crippen LogP contribution in [0.25, 0.3) is 0 Å². The summed E-state index contributed by atoms with van der Waals surface area (Å²) < 4.78 is 11.9. The monoisotopic (exact) mass is 581 g/mol. The average molecular weight is 582 g/mol. The van der Waals surface area contributed by atoms with Crippen LogP contribution in [0.1, 0.15) is 61.5 Å². The fraction of sp³-hybridized carbons (Fsp3) is 0.457. The van der Waals surface area contributed by atoms with Crippen LogP contribution in [0, 0.1) is 23.7 Å². The zero-order valence-electron chi connectivity index (χ0n) is 24.9. The Kier molecular flexibility index (Phi) is 7.11. The summed E-state index contributed by atoms with van der Waals surface area (Å²) in [4.78, 5) is 35.5. The maximum atomic E-state index is 14.9. The second-order valence-electron chi connectivity index (χ2n) is 13.5. The number of benzene rings is 2. The van der Waals surface area contributed by atoms with E-state index in [1.54, 1.807) is 23.4 Å². The zero-order chi connectivity index (χ0) is 29.9. The summed E-state index contributed by atoms with van der Waals surface area (Å²) in [5.74, 6) is -0.493. The van der Waals surface area contributed by atoms with Crippen molar-refractivity contribution in [3.63, 3.8) is 0 Å². The third-order valence-corrected chi connectivity index (χ3v) is 9.91. The molecule has 1 saturated carbocycles. The van der Waals surface area contributed by atoms with E-state index < -0.39 is 18.2 Å². The number of aromatic nitrogens is 1. The van der Waals surface area contributed by atoms with E-state index in [4.69, 9.17) is 9.47 Å². The number of hydrogen-bond donors (Lipinski definition) is 2. The Balaban J connectivity index is 1.31. The first-order valence-electron chi connectivity index (χ1n) is 15.3. The van der Waals surface area contributed by atoms with Crippen molar-refractivity contribution >= 4 is 17.5 Å². The molecule has 0 radical (unpaired) electrons. The van der Waals surface area contributed by atoms with E-state index in [1.165, 1.54) is 0 Å². The third-order valence-electron chi connectivity index (χ3n) is 9.91. The van der Waals surface area contributed by atoms with Gasteiger partial charge in [0.2, 0.25) is 11.8 Å². The maximum absolute atomic E-state index is 14.9. The number of aliphatic hydroxyl groups is 1. The number of ether oxygens (including phenoxy) is 2. The van der Waals surface area contributed by atoms with E-state index in [0.29, 0.717) is 30.9 Å². The average Bonchev–Trinajstić information content (AvgIpc) is 3.64. The fourth-order valence-corrected chi connectivity index (χ4v) is 7.72. The van der Waals surface area contributed by atoms with Gasteiger partial charge in [-0.2, -0.15) is 0 Å². The number of pyridine rings is 1. The Labute approximate surface area is 252 Å². The maximum Gasteiger partial charge on any atom is 0.248 e. The molecule has 43 heavy (non-hydrogen) atoms. The van der Waals surface area contributed by atoms with Crippen molar-refractivity contribution in [2.45, 2.75) is 63.5 Å². The van der Waals surface area contributed by atoms with E-state index in [1.807, 2.05) is 54.6 Å². The topological polar surface area (TPSA) is 101 Å². The minimum atomic E-state index is -0.999. The molecule has 2 aliphatic carbocycles. The van der Waals surface area contributed by atoms with Gasteiger partial charge in [0.1, 0.15) is 6.04 Å². The lowest BCUT2D eigenvalue weighted by molar-refractivity contribution is -0.167. The Bertz CT molecular complexity index is 1500. The SMILES string of the molecule is CC(C)(C)c1ccc(N(C(=O)[C@H]2C3CO[C@H]4OCC2C4C3)C(C(=O)N[C@@H]2c3ccccc3C[C@@H]2O)c2cccnc2)cc1. The second-order valence-corrected chi connectivity index (χ2v) is 13.5. The van der Waals surface area contributed by atoms with Crippen LogP contribution < -0.4 is 10.2 Å². The molecule has 224 valence electrons. The highest BCUT2D eigenvalue weighted by atomic mass is 16.7. The number of hydrogen-bond acceptors (Lipinski definition) is 6. The Hall–Kier alpha value is -3.59. The van der Waals surface area contributed by atoms with Crippen molar-refractivity contribution in [1.29, 1.82) is 0 Å². The molecule has 1 aromatic heterocycles. The Morgan fingerprint density at radius 2 is 1.77 bits per heavy atom. The first-order chi connectivity index (χ1) is 20.7. The number of rotatable bonds is 6. The smallest absolute Gasteiger partial charge is 0.248 e. The summed E-state index contributed by atoms with van der Waals surface area (Å²) in [6.07, 6.45) is 3.65. The number of nitrogens with zero attached hydrogens (tertiary/aromatic N) is 2. The molecule has 2 bridgehead atoms. The molecule has 8 atom stereocenters. The number of nitrogens with one attached hydrogen (secondary N) is 1. The summed E-state index contributed by atoms with van der Waals surface area (Å²) in [7, 11) is 0. The van der Waals surface area contributed by atoms with Gasteiger partial charge in [-0.1, -0.05) is 63.2 Å². The van der Waals surface area contributed by atoms with Crippen LogP contribution in [0.4, 0.5) is 5.69 Å². The molecule has 2 aliphatic heterocycles. The Morgan fingerprint density at radius 3 is 2.51 bits per heavy atom. The van der Waals surface area contributed by atoms with Crippen LogP contribution in [0.5, 0.6) is 0 Å². The number of fused-ring (bicyclic) bond motifs is 2. The number of anilines is 1. The summed E-state index contributed by atoms with van der Waals surface area (Å²) in [5, 5.41) is 14.1. The number of amides is 2. The van der Waals surface area contributed by atoms with E-state index in [-0.39, 0.29) is 47.2 Å². The van der Waals surface area contributed by atoms with Gasteiger partial charge in [0, 0.05) is 47.8 Å². The van der Waals surface area contributed by atoms with Crippen LogP contribution >= 0.6 is 0 Å². The third kappa shape index (κ3) is 4.95. The van der Waals surface area contributed by atoms with Crippen molar-refractivity contribution in [1.82, 2.24) is 10.3 Å². The molecular formula is C35H39N3O5. The molecule has 0 spiro atoms. The zero-order valence-corrected chi connectivity index (χ0v) is 24.9. The van der Waals surface area contributed by atoms with Gasteiger partial charge >= 0.3 is 0 Å². The van der Waals surface area contributed by atoms with Gasteiger partial charge in [0.25, 0.3) is 0 Å². The van der Waals surface area contributed by atoms with E-state index in [2.05, 4.69) is 31.1 Å². The molecule has 3 heterocycles. The van der Waals surface area contributed by atoms with Crippen LogP contribution in [0.3, 0.4) is 0 Å². The van der Waals surface area contributed by atoms with Gasteiger partial charge in [-0.15, -0.1) is 0 Å². The number of carbonyl (C=O) groups is 2. The van der Waals surface area contributed by atoms with Crippen LogP contribution in [-0.2, 0) is 30.9 Å². The highest BCUT2D eigenvalue weighted by Crippen LogP contribution is 2.53. The van der Waals surface area contributed by atoms with E-state index in [9.17, 15) is 14.7 Å². The standard InChI is InChI=1S/C35H39N3O5/c1-35(2,3)23-10-12-24(13-11-23)38(33(41)29-22-15-26-27(29)19-43-34(26)42-18-22)31(21-8-6-14-36-17-21)32(40)37-30-25-9-5-4-7-20(25)16-28(30)39/h4-14,17,22,26-31,34,39H,15-16,18-19H2,1-3H3,(H,37,40)/t22?,26?,27?,28-,29-,30+,31?,34-/m0/s1. The van der Waals surface area contributed by atoms with Crippen molar-refractivity contribution in [3.8, 4) is 0 Å². The quantitative estimate of drug-likeness (QED) is 0.445. The summed E-state index contributed by atoms with van der Waals surface area (Å²) >= 11 is 0.